The summed E-state index contributed by atoms with van der Waals surface area (Å²) in [7, 11) is 0. The Kier molecular flexibility index (Phi) is 5.79. The van der Waals surface area contributed by atoms with Crippen LogP contribution in [0.3, 0.4) is 0 Å². The molecule has 2 aliphatic heterocycles. The first-order valence-electron chi connectivity index (χ1n) is 9.02. The van der Waals surface area contributed by atoms with Gasteiger partial charge in [0.1, 0.15) is 5.82 Å². The third-order valence-corrected chi connectivity index (χ3v) is 5.41. The highest BCUT2D eigenvalue weighted by atomic mass is 19.4. The van der Waals surface area contributed by atoms with Gasteiger partial charge in [0.05, 0.1) is 6.04 Å². The summed E-state index contributed by atoms with van der Waals surface area (Å²) in [4.78, 5) is 26.1. The molecule has 3 atom stereocenters. The maximum Gasteiger partial charge on any atom is 0.471 e. The number of carbonyl (C=O) groups excluding carboxylic acids is 2. The predicted molar refractivity (Wildman–Crippen MR) is 88.9 cm³/mol. The number of hydrogen-bond acceptors (Lipinski definition) is 3. The minimum Gasteiger partial charge on any atom is -0.338 e. The van der Waals surface area contributed by atoms with Gasteiger partial charge in [-0.25, -0.2) is 13.2 Å². The molecule has 0 aromatic heterocycles. The molecule has 0 radical (unpaired) electrons. The molecule has 2 aliphatic rings. The van der Waals surface area contributed by atoms with Gasteiger partial charge in [0.2, 0.25) is 5.91 Å². The number of alkyl halides is 3. The van der Waals surface area contributed by atoms with Crippen LogP contribution in [0.5, 0.6) is 0 Å². The van der Waals surface area contributed by atoms with E-state index in [9.17, 15) is 35.9 Å². The molecule has 0 aliphatic carbocycles. The summed E-state index contributed by atoms with van der Waals surface area (Å²) >= 11 is 0. The van der Waals surface area contributed by atoms with E-state index in [0.29, 0.717) is 30.0 Å². The lowest BCUT2D eigenvalue weighted by atomic mass is 10.0. The van der Waals surface area contributed by atoms with Crippen molar-refractivity contribution in [3.63, 3.8) is 0 Å². The number of rotatable bonds is 4. The van der Waals surface area contributed by atoms with Gasteiger partial charge in [0.25, 0.3) is 0 Å². The summed E-state index contributed by atoms with van der Waals surface area (Å²) in [6.45, 7) is 0.0508. The van der Waals surface area contributed by atoms with Crippen LogP contribution < -0.4 is 5.73 Å². The van der Waals surface area contributed by atoms with E-state index in [0.717, 1.165) is 0 Å². The van der Waals surface area contributed by atoms with Gasteiger partial charge in [-0.1, -0.05) is 0 Å². The van der Waals surface area contributed by atoms with E-state index in [1.807, 2.05) is 0 Å². The molecule has 0 bridgehead atoms. The molecular formula is C18H19F6N3O2. The first-order valence-corrected chi connectivity index (χ1v) is 9.02. The van der Waals surface area contributed by atoms with Crippen molar-refractivity contribution in [2.75, 3.05) is 19.6 Å². The zero-order valence-electron chi connectivity index (χ0n) is 15.2. The molecule has 0 saturated carbocycles. The summed E-state index contributed by atoms with van der Waals surface area (Å²) in [5.74, 6) is -6.16. The lowest BCUT2D eigenvalue weighted by Crippen LogP contribution is -2.45. The number of hydrogen-bond donors (Lipinski definition) is 1. The SMILES string of the molecule is N[C@@H](CC(=O)N1CC[C@H]2CN(C(=O)C(F)(F)F)C[C@H]21)Cc1cc(F)c(F)cc1F. The largest absolute Gasteiger partial charge is 0.471 e. The average Bonchev–Trinajstić information content (AvgIpc) is 3.18. The molecule has 1 aromatic rings. The minimum absolute atomic E-state index is 0.0705. The van der Waals surface area contributed by atoms with Crippen LogP contribution >= 0.6 is 0 Å². The Morgan fingerprint density at radius 3 is 2.41 bits per heavy atom. The van der Waals surface area contributed by atoms with E-state index < -0.39 is 47.5 Å². The summed E-state index contributed by atoms with van der Waals surface area (Å²) in [6.07, 6.45) is -4.96. The minimum atomic E-state index is -4.97. The Labute approximate surface area is 162 Å². The Hall–Kier alpha value is -2.30. The molecule has 29 heavy (non-hydrogen) atoms. The molecule has 2 saturated heterocycles. The Morgan fingerprint density at radius 1 is 1.10 bits per heavy atom. The monoisotopic (exact) mass is 423 g/mol. The third kappa shape index (κ3) is 4.49. The van der Waals surface area contributed by atoms with Gasteiger partial charge < -0.3 is 15.5 Å². The van der Waals surface area contributed by atoms with Gasteiger partial charge in [0, 0.05) is 44.1 Å². The van der Waals surface area contributed by atoms with Crippen molar-refractivity contribution in [1.29, 1.82) is 0 Å². The fourth-order valence-electron chi connectivity index (χ4n) is 4.03. The molecular weight excluding hydrogens is 404 g/mol. The van der Waals surface area contributed by atoms with Crippen molar-refractivity contribution in [3.8, 4) is 0 Å². The van der Waals surface area contributed by atoms with Crippen LogP contribution in [-0.2, 0) is 16.0 Å². The molecule has 0 unspecified atom stereocenters. The quantitative estimate of drug-likeness (QED) is 0.595. The molecule has 1 aromatic carbocycles. The van der Waals surface area contributed by atoms with E-state index >= 15 is 0 Å². The average molecular weight is 423 g/mol. The fourth-order valence-corrected chi connectivity index (χ4v) is 4.03. The molecule has 2 N–H and O–H groups in total. The first kappa shape index (κ1) is 21.4. The normalized spacial score (nSPS) is 22.7. The topological polar surface area (TPSA) is 66.6 Å². The van der Waals surface area contributed by atoms with Gasteiger partial charge in [-0.15, -0.1) is 0 Å². The van der Waals surface area contributed by atoms with E-state index in [-0.39, 0.29) is 37.4 Å². The third-order valence-electron chi connectivity index (χ3n) is 5.41. The number of amides is 2. The Balaban J connectivity index is 1.60. The summed E-state index contributed by atoms with van der Waals surface area (Å²) in [6, 6.07) is -0.343. The first-order chi connectivity index (χ1) is 13.5. The summed E-state index contributed by atoms with van der Waals surface area (Å²) in [5, 5.41) is 0. The zero-order valence-corrected chi connectivity index (χ0v) is 15.2. The van der Waals surface area contributed by atoms with Crippen LogP contribution in [0.2, 0.25) is 0 Å². The fraction of sp³-hybridized carbons (Fsp3) is 0.556. The second-order valence-electron chi connectivity index (χ2n) is 7.44. The molecule has 11 heteroatoms. The highest BCUT2D eigenvalue weighted by Crippen LogP contribution is 2.34. The maximum atomic E-state index is 13.7. The van der Waals surface area contributed by atoms with Crippen molar-refractivity contribution in [1.82, 2.24) is 9.80 Å². The predicted octanol–water partition coefficient (Wildman–Crippen LogP) is 1.99. The molecule has 2 amide bonds. The van der Waals surface area contributed by atoms with Crippen LogP contribution in [0.25, 0.3) is 0 Å². The molecule has 5 nitrogen and oxygen atoms in total. The van der Waals surface area contributed by atoms with E-state index in [1.165, 1.54) is 4.90 Å². The van der Waals surface area contributed by atoms with Crippen molar-refractivity contribution in [2.45, 2.75) is 37.5 Å². The maximum absolute atomic E-state index is 13.7. The summed E-state index contributed by atoms with van der Waals surface area (Å²) in [5.41, 5.74) is 5.68. The van der Waals surface area contributed by atoms with Crippen molar-refractivity contribution >= 4 is 11.8 Å². The molecule has 3 rings (SSSR count). The molecule has 2 heterocycles. The second kappa shape index (κ2) is 7.85. The van der Waals surface area contributed by atoms with Crippen molar-refractivity contribution in [2.24, 2.45) is 11.7 Å². The van der Waals surface area contributed by atoms with Crippen molar-refractivity contribution < 1.29 is 35.9 Å². The Morgan fingerprint density at radius 2 is 1.76 bits per heavy atom. The van der Waals surface area contributed by atoms with Gasteiger partial charge in [0.15, 0.2) is 11.6 Å². The zero-order chi connectivity index (χ0) is 21.5. The number of likely N-dealkylation sites (tertiary alicyclic amines) is 2. The standard InChI is InChI=1S/C18H19F6N3O2/c19-12-6-14(21)13(20)4-10(12)3-11(25)5-16(28)27-2-1-9-7-26(8-15(9)27)17(29)18(22,23)24/h4,6,9,11,15H,1-3,5,7-8,25H2/t9-,11+,15+/m0/s1. The van der Waals surface area contributed by atoms with Gasteiger partial charge in [-0.3, -0.25) is 9.59 Å². The van der Waals surface area contributed by atoms with Crippen LogP contribution in [0.1, 0.15) is 18.4 Å². The number of nitrogens with two attached hydrogens (primary N) is 1. The molecule has 0 spiro atoms. The van der Waals surface area contributed by atoms with Gasteiger partial charge in [-0.05, 0) is 24.5 Å². The number of carbonyl (C=O) groups is 2. The number of halogens is 6. The van der Waals surface area contributed by atoms with Crippen LogP contribution in [0.4, 0.5) is 26.3 Å². The molecule has 160 valence electrons. The van der Waals surface area contributed by atoms with Gasteiger partial charge in [-0.2, -0.15) is 13.2 Å². The van der Waals surface area contributed by atoms with Crippen molar-refractivity contribution in [3.05, 3.63) is 35.1 Å². The summed E-state index contributed by atoms with van der Waals surface area (Å²) < 4.78 is 77.9. The van der Waals surface area contributed by atoms with E-state index in [1.54, 1.807) is 0 Å². The van der Waals surface area contributed by atoms with Gasteiger partial charge >= 0.3 is 12.1 Å². The molecule has 2 fully saturated rings. The number of benzene rings is 1. The highest BCUT2D eigenvalue weighted by molar-refractivity contribution is 5.83. The van der Waals surface area contributed by atoms with Crippen LogP contribution in [0.15, 0.2) is 12.1 Å². The number of nitrogens with zero attached hydrogens (tertiary/aromatic N) is 2. The van der Waals surface area contributed by atoms with E-state index in [4.69, 9.17) is 5.73 Å². The van der Waals surface area contributed by atoms with Crippen LogP contribution in [-0.4, -0.2) is 59.5 Å². The van der Waals surface area contributed by atoms with E-state index in [2.05, 4.69) is 0 Å². The lowest BCUT2D eigenvalue weighted by molar-refractivity contribution is -0.184. The lowest BCUT2D eigenvalue weighted by Gasteiger charge is -2.26. The number of fused-ring (bicyclic) bond motifs is 1. The Bertz CT molecular complexity index is 816. The van der Waals surface area contributed by atoms with Crippen LogP contribution in [0, 0.1) is 23.4 Å². The smallest absolute Gasteiger partial charge is 0.338 e. The second-order valence-corrected chi connectivity index (χ2v) is 7.44. The highest BCUT2D eigenvalue weighted by Gasteiger charge is 2.50.